The van der Waals surface area contributed by atoms with Gasteiger partial charge in [0.15, 0.2) is 0 Å². The summed E-state index contributed by atoms with van der Waals surface area (Å²) in [6, 6.07) is 20.4. The molecule has 3 aromatic carbocycles. The van der Waals surface area contributed by atoms with Gasteiger partial charge < -0.3 is 10.6 Å². The number of nitrogens with one attached hydrogen (secondary N) is 2. The Balaban J connectivity index is 1.83. The molecular formula is C26H22Cl2N2O2. The normalized spacial score (nSPS) is 24.2. The number of rotatable bonds is 3. The number of hydrogen-bond donors (Lipinski definition) is 2. The van der Waals surface area contributed by atoms with Gasteiger partial charge in [0.05, 0.1) is 6.04 Å². The number of amides is 2. The van der Waals surface area contributed by atoms with Crippen LogP contribution in [-0.4, -0.2) is 11.8 Å². The Morgan fingerprint density at radius 2 is 1.75 bits per heavy atom. The van der Waals surface area contributed by atoms with Gasteiger partial charge in [-0.15, -0.1) is 0 Å². The third-order valence-corrected chi connectivity index (χ3v) is 7.22. The Bertz CT molecular complexity index is 1240. The largest absolute Gasteiger partial charge is 0.348 e. The van der Waals surface area contributed by atoms with Crippen molar-refractivity contribution in [3.63, 3.8) is 0 Å². The van der Waals surface area contributed by atoms with Gasteiger partial charge in [0.2, 0.25) is 11.8 Å². The molecule has 6 heteroatoms. The van der Waals surface area contributed by atoms with Gasteiger partial charge in [-0.25, -0.2) is 0 Å². The van der Waals surface area contributed by atoms with E-state index >= 15 is 0 Å². The molecule has 1 spiro atoms. The van der Waals surface area contributed by atoms with E-state index in [-0.39, 0.29) is 18.2 Å². The minimum absolute atomic E-state index is 0.0910. The maximum absolute atomic E-state index is 13.9. The molecule has 2 aliphatic heterocycles. The van der Waals surface area contributed by atoms with Crippen LogP contribution in [0, 0.1) is 0 Å². The summed E-state index contributed by atoms with van der Waals surface area (Å²) in [4.78, 5) is 27.0. The first-order chi connectivity index (χ1) is 15.4. The van der Waals surface area contributed by atoms with Crippen molar-refractivity contribution in [1.29, 1.82) is 0 Å². The van der Waals surface area contributed by atoms with E-state index in [1.807, 2.05) is 48.5 Å². The highest BCUT2D eigenvalue weighted by atomic mass is 35.5. The molecule has 32 heavy (non-hydrogen) atoms. The van der Waals surface area contributed by atoms with Gasteiger partial charge in [0.25, 0.3) is 0 Å². The predicted molar refractivity (Wildman–Crippen MR) is 127 cm³/mol. The molecule has 0 aliphatic carbocycles. The SMILES string of the molecule is CCc1ccccc1[C@@H]1NC(=O)C[C@H](c2cccc(Cl)c2)[C@@]12C(=O)Nc1cc(Cl)ccc12. The number of aryl methyl sites for hydroxylation is 1. The van der Waals surface area contributed by atoms with Crippen LogP contribution in [-0.2, 0) is 21.4 Å². The zero-order chi connectivity index (χ0) is 22.5. The smallest absolute Gasteiger partial charge is 0.238 e. The van der Waals surface area contributed by atoms with Crippen LogP contribution in [0.25, 0.3) is 0 Å². The Morgan fingerprint density at radius 3 is 2.53 bits per heavy atom. The molecule has 2 N–H and O–H groups in total. The third-order valence-electron chi connectivity index (χ3n) is 6.75. The number of carbonyl (C=O) groups is 2. The highest BCUT2D eigenvalue weighted by Gasteiger charge is 2.61. The van der Waals surface area contributed by atoms with Gasteiger partial charge in [-0.2, -0.15) is 0 Å². The highest BCUT2D eigenvalue weighted by Crippen LogP contribution is 2.57. The Kier molecular flexibility index (Phi) is 5.23. The second-order valence-corrected chi connectivity index (χ2v) is 9.25. The van der Waals surface area contributed by atoms with E-state index in [2.05, 4.69) is 17.6 Å². The first-order valence-corrected chi connectivity index (χ1v) is 11.4. The van der Waals surface area contributed by atoms with E-state index in [9.17, 15) is 9.59 Å². The molecule has 4 nitrogen and oxygen atoms in total. The van der Waals surface area contributed by atoms with Gasteiger partial charge in [-0.05, 0) is 52.9 Å². The summed E-state index contributed by atoms with van der Waals surface area (Å²) in [7, 11) is 0. The second-order valence-electron chi connectivity index (χ2n) is 8.38. The first kappa shape index (κ1) is 21.0. The van der Waals surface area contributed by atoms with Crippen LogP contribution < -0.4 is 10.6 Å². The molecule has 2 heterocycles. The lowest BCUT2D eigenvalue weighted by Crippen LogP contribution is -2.57. The van der Waals surface area contributed by atoms with Gasteiger partial charge in [-0.3, -0.25) is 9.59 Å². The minimum atomic E-state index is -1.04. The summed E-state index contributed by atoms with van der Waals surface area (Å²) in [6.07, 6.45) is 0.968. The number of carbonyl (C=O) groups excluding carboxylic acids is 2. The van der Waals surface area contributed by atoms with Crippen molar-refractivity contribution in [3.05, 3.63) is 99.0 Å². The molecule has 2 aliphatic rings. The Hall–Kier alpha value is -2.82. The fourth-order valence-electron chi connectivity index (χ4n) is 5.41. The van der Waals surface area contributed by atoms with Gasteiger partial charge in [-0.1, -0.05) is 72.6 Å². The topological polar surface area (TPSA) is 58.2 Å². The second kappa shape index (κ2) is 7.95. The average Bonchev–Trinajstić information content (AvgIpc) is 3.06. The Morgan fingerprint density at radius 1 is 0.969 bits per heavy atom. The molecule has 0 unspecified atom stereocenters. The zero-order valence-electron chi connectivity index (χ0n) is 17.5. The lowest BCUT2D eigenvalue weighted by atomic mass is 9.59. The lowest BCUT2D eigenvalue weighted by molar-refractivity contribution is -0.131. The van der Waals surface area contributed by atoms with Crippen LogP contribution in [0.5, 0.6) is 0 Å². The maximum atomic E-state index is 13.9. The summed E-state index contributed by atoms with van der Waals surface area (Å²) in [6.45, 7) is 2.08. The van der Waals surface area contributed by atoms with Gasteiger partial charge >= 0.3 is 0 Å². The van der Waals surface area contributed by atoms with E-state index in [4.69, 9.17) is 23.2 Å². The molecule has 1 fully saturated rings. The van der Waals surface area contributed by atoms with E-state index in [0.29, 0.717) is 15.7 Å². The van der Waals surface area contributed by atoms with Crippen molar-refractivity contribution in [1.82, 2.24) is 5.32 Å². The predicted octanol–water partition coefficient (Wildman–Crippen LogP) is 5.79. The van der Waals surface area contributed by atoms with Crippen LogP contribution in [0.1, 0.15) is 47.6 Å². The zero-order valence-corrected chi connectivity index (χ0v) is 19.0. The molecule has 1 saturated heterocycles. The van der Waals surface area contributed by atoms with Crippen LogP contribution in [0.2, 0.25) is 10.0 Å². The van der Waals surface area contributed by atoms with Crippen molar-refractivity contribution in [2.45, 2.75) is 37.1 Å². The number of anilines is 1. The molecule has 162 valence electrons. The summed E-state index contributed by atoms with van der Waals surface area (Å²) in [5.74, 6) is -0.630. The molecule has 3 atom stereocenters. The van der Waals surface area contributed by atoms with Gasteiger partial charge in [0.1, 0.15) is 5.41 Å². The average molecular weight is 465 g/mol. The van der Waals surface area contributed by atoms with E-state index in [1.54, 1.807) is 18.2 Å². The maximum Gasteiger partial charge on any atom is 0.238 e. The van der Waals surface area contributed by atoms with Crippen molar-refractivity contribution in [2.75, 3.05) is 5.32 Å². The van der Waals surface area contributed by atoms with Crippen molar-refractivity contribution >= 4 is 40.7 Å². The molecule has 0 saturated carbocycles. The fourth-order valence-corrected chi connectivity index (χ4v) is 5.78. The summed E-state index contributed by atoms with van der Waals surface area (Å²) < 4.78 is 0. The summed E-state index contributed by atoms with van der Waals surface area (Å²) >= 11 is 12.6. The lowest BCUT2D eigenvalue weighted by Gasteiger charge is -2.47. The molecule has 2 amide bonds. The van der Waals surface area contributed by atoms with Crippen LogP contribution in [0.3, 0.4) is 0 Å². The van der Waals surface area contributed by atoms with Crippen molar-refractivity contribution in [2.24, 2.45) is 0 Å². The molecular weight excluding hydrogens is 443 g/mol. The van der Waals surface area contributed by atoms with E-state index < -0.39 is 17.4 Å². The molecule has 3 aromatic rings. The van der Waals surface area contributed by atoms with E-state index in [1.165, 1.54) is 0 Å². The number of hydrogen-bond acceptors (Lipinski definition) is 2. The quantitative estimate of drug-likeness (QED) is 0.515. The van der Waals surface area contributed by atoms with E-state index in [0.717, 1.165) is 28.7 Å². The minimum Gasteiger partial charge on any atom is -0.348 e. The highest BCUT2D eigenvalue weighted by molar-refractivity contribution is 6.31. The van der Waals surface area contributed by atoms with Crippen LogP contribution in [0.15, 0.2) is 66.7 Å². The molecule has 0 radical (unpaired) electrons. The number of piperidine rings is 1. The number of halogens is 2. The number of fused-ring (bicyclic) bond motifs is 2. The number of benzene rings is 3. The fraction of sp³-hybridized carbons (Fsp3) is 0.231. The standard InChI is InChI=1S/C26H22Cl2N2O2/c1-2-15-6-3-4-9-19(15)24-26(20-11-10-18(28)13-22(20)29-25(26)32)21(14-23(31)30-24)16-7-5-8-17(27)12-16/h3-13,21,24H,2,14H2,1H3,(H,29,32)(H,30,31)/t21-,24+,26-/m1/s1. The Labute approximate surface area is 196 Å². The third kappa shape index (κ3) is 3.13. The molecule has 5 rings (SSSR count). The van der Waals surface area contributed by atoms with Crippen molar-refractivity contribution < 1.29 is 9.59 Å². The van der Waals surface area contributed by atoms with Crippen LogP contribution in [0.4, 0.5) is 5.69 Å². The summed E-state index contributed by atoms with van der Waals surface area (Å²) in [5.41, 5.74) is 3.40. The van der Waals surface area contributed by atoms with Crippen LogP contribution >= 0.6 is 23.2 Å². The van der Waals surface area contributed by atoms with Gasteiger partial charge in [0, 0.05) is 28.1 Å². The summed E-state index contributed by atoms with van der Waals surface area (Å²) in [5, 5.41) is 7.35. The molecule has 0 bridgehead atoms. The molecule has 0 aromatic heterocycles. The van der Waals surface area contributed by atoms with Crippen molar-refractivity contribution in [3.8, 4) is 0 Å². The first-order valence-electron chi connectivity index (χ1n) is 10.7. The monoisotopic (exact) mass is 464 g/mol.